The maximum absolute atomic E-state index is 12.0. The monoisotopic (exact) mass is 330 g/mol. The first-order chi connectivity index (χ1) is 11.5. The van der Waals surface area contributed by atoms with Crippen LogP contribution in [-0.2, 0) is 11.2 Å². The van der Waals surface area contributed by atoms with Crippen LogP contribution in [0.4, 0.5) is 0 Å². The van der Waals surface area contributed by atoms with Gasteiger partial charge in [0.05, 0.1) is 18.8 Å². The molecular formula is C18H22N2O4. The minimum absolute atomic E-state index is 0.154. The van der Waals surface area contributed by atoms with E-state index in [2.05, 4.69) is 5.32 Å². The van der Waals surface area contributed by atoms with Crippen LogP contribution in [0.5, 0.6) is 5.75 Å². The summed E-state index contributed by atoms with van der Waals surface area (Å²) >= 11 is 0. The molecular weight excluding hydrogens is 308 g/mol. The topological polar surface area (TPSA) is 94.6 Å². The number of hydrogen-bond acceptors (Lipinski definition) is 4. The molecule has 1 aromatic carbocycles. The molecule has 0 unspecified atom stereocenters. The second-order valence-corrected chi connectivity index (χ2v) is 5.52. The summed E-state index contributed by atoms with van der Waals surface area (Å²) < 4.78 is 10.5. The van der Waals surface area contributed by atoms with Crippen LogP contribution in [0.3, 0.4) is 0 Å². The second kappa shape index (κ2) is 8.19. The number of nitrogens with one attached hydrogen (secondary N) is 1. The first-order valence-corrected chi connectivity index (χ1v) is 7.84. The van der Waals surface area contributed by atoms with E-state index < -0.39 is 11.8 Å². The number of carbonyl (C=O) groups excluding carboxylic acids is 2. The number of hydrogen-bond donors (Lipinski definition) is 2. The fourth-order valence-corrected chi connectivity index (χ4v) is 2.35. The summed E-state index contributed by atoms with van der Waals surface area (Å²) in [4.78, 5) is 23.7. The lowest BCUT2D eigenvalue weighted by atomic mass is 9.98. The minimum atomic E-state index is -0.498. The second-order valence-electron chi connectivity index (χ2n) is 5.52. The molecule has 1 atom stereocenters. The average molecular weight is 330 g/mol. The third-order valence-electron chi connectivity index (χ3n) is 3.70. The van der Waals surface area contributed by atoms with Crippen molar-refractivity contribution in [3.8, 4) is 5.75 Å². The molecule has 2 rings (SSSR count). The lowest BCUT2D eigenvalue weighted by Crippen LogP contribution is -2.37. The molecule has 6 nitrogen and oxygen atoms in total. The standard InChI is InChI=1S/C18H22N2O4/c1-3-23-15-6-4-13(5-7-15)10-14(17(19)21)11-20-18(22)16-12(2)8-9-24-16/h4-9,14H,3,10-11H2,1-2H3,(H2,19,21)(H,20,22)/t14-/m1/s1. The van der Waals surface area contributed by atoms with Gasteiger partial charge in [-0.1, -0.05) is 12.1 Å². The van der Waals surface area contributed by atoms with Gasteiger partial charge in [0.1, 0.15) is 5.75 Å². The molecule has 0 bridgehead atoms. The number of ether oxygens (including phenoxy) is 1. The summed E-state index contributed by atoms with van der Waals surface area (Å²) in [6.07, 6.45) is 1.90. The lowest BCUT2D eigenvalue weighted by Gasteiger charge is -2.14. The molecule has 1 aromatic heterocycles. The van der Waals surface area contributed by atoms with Crippen LogP contribution < -0.4 is 15.8 Å². The number of rotatable bonds is 8. The Hall–Kier alpha value is -2.76. The molecule has 0 spiro atoms. The van der Waals surface area contributed by atoms with Crippen LogP contribution in [0.25, 0.3) is 0 Å². The van der Waals surface area contributed by atoms with Crippen molar-refractivity contribution in [1.82, 2.24) is 5.32 Å². The Kier molecular flexibility index (Phi) is 6.01. The van der Waals surface area contributed by atoms with Crippen LogP contribution in [0.15, 0.2) is 41.0 Å². The SMILES string of the molecule is CCOc1ccc(C[C@H](CNC(=O)c2occc2C)C(N)=O)cc1. The first-order valence-electron chi connectivity index (χ1n) is 7.84. The Balaban J connectivity index is 1.95. The van der Waals surface area contributed by atoms with Crippen molar-refractivity contribution < 1.29 is 18.7 Å². The van der Waals surface area contributed by atoms with E-state index in [0.29, 0.717) is 13.0 Å². The summed E-state index contributed by atoms with van der Waals surface area (Å²) in [6.45, 7) is 4.45. The van der Waals surface area contributed by atoms with Gasteiger partial charge in [0.2, 0.25) is 5.91 Å². The Morgan fingerprint density at radius 1 is 1.25 bits per heavy atom. The van der Waals surface area contributed by atoms with E-state index in [1.807, 2.05) is 31.2 Å². The maximum Gasteiger partial charge on any atom is 0.287 e. The van der Waals surface area contributed by atoms with Gasteiger partial charge in [0, 0.05) is 12.1 Å². The number of carbonyl (C=O) groups is 2. The third kappa shape index (κ3) is 4.62. The van der Waals surface area contributed by atoms with E-state index in [1.165, 1.54) is 6.26 Å². The zero-order valence-electron chi connectivity index (χ0n) is 13.9. The van der Waals surface area contributed by atoms with Gasteiger partial charge in [-0.2, -0.15) is 0 Å². The normalized spacial score (nSPS) is 11.8. The molecule has 1 heterocycles. The molecule has 3 N–H and O–H groups in total. The van der Waals surface area contributed by atoms with E-state index in [0.717, 1.165) is 16.9 Å². The van der Waals surface area contributed by atoms with Crippen molar-refractivity contribution in [2.24, 2.45) is 11.7 Å². The van der Waals surface area contributed by atoms with Crippen molar-refractivity contribution in [3.05, 3.63) is 53.5 Å². The van der Waals surface area contributed by atoms with Crippen LogP contribution in [-0.4, -0.2) is 25.0 Å². The van der Waals surface area contributed by atoms with Crippen molar-refractivity contribution in [3.63, 3.8) is 0 Å². The predicted molar refractivity (Wildman–Crippen MR) is 89.8 cm³/mol. The summed E-state index contributed by atoms with van der Waals surface area (Å²) in [5.74, 6) is -0.282. The minimum Gasteiger partial charge on any atom is -0.494 e. The molecule has 2 aromatic rings. The molecule has 0 aliphatic rings. The molecule has 0 aliphatic heterocycles. The van der Waals surface area contributed by atoms with Gasteiger partial charge in [0.15, 0.2) is 5.76 Å². The Labute approximate surface area is 141 Å². The molecule has 128 valence electrons. The highest BCUT2D eigenvalue weighted by molar-refractivity contribution is 5.93. The molecule has 0 fully saturated rings. The van der Waals surface area contributed by atoms with Gasteiger partial charge >= 0.3 is 0 Å². The summed E-state index contributed by atoms with van der Waals surface area (Å²) in [5.41, 5.74) is 7.15. The average Bonchev–Trinajstić information content (AvgIpc) is 2.99. The van der Waals surface area contributed by atoms with Gasteiger partial charge < -0.3 is 20.2 Å². The molecule has 0 saturated heterocycles. The largest absolute Gasteiger partial charge is 0.494 e. The highest BCUT2D eigenvalue weighted by Crippen LogP contribution is 2.15. The van der Waals surface area contributed by atoms with Gasteiger partial charge in [-0.25, -0.2) is 0 Å². The number of furan rings is 1. The van der Waals surface area contributed by atoms with Gasteiger partial charge in [-0.15, -0.1) is 0 Å². The number of amides is 2. The van der Waals surface area contributed by atoms with Gasteiger partial charge in [-0.3, -0.25) is 9.59 Å². The lowest BCUT2D eigenvalue weighted by molar-refractivity contribution is -0.121. The summed E-state index contributed by atoms with van der Waals surface area (Å²) in [6, 6.07) is 9.18. The molecule has 0 saturated carbocycles. The van der Waals surface area contributed by atoms with E-state index in [9.17, 15) is 9.59 Å². The third-order valence-corrected chi connectivity index (χ3v) is 3.70. The Morgan fingerprint density at radius 2 is 1.96 bits per heavy atom. The number of benzene rings is 1. The van der Waals surface area contributed by atoms with Gasteiger partial charge in [-0.05, 0) is 44.0 Å². The molecule has 0 aliphatic carbocycles. The number of aryl methyl sites for hydroxylation is 1. The summed E-state index contributed by atoms with van der Waals surface area (Å²) in [5, 5.41) is 2.70. The molecule has 6 heteroatoms. The molecule has 2 amide bonds. The van der Waals surface area contributed by atoms with E-state index >= 15 is 0 Å². The Bertz CT molecular complexity index is 691. The zero-order chi connectivity index (χ0) is 17.5. The van der Waals surface area contributed by atoms with Crippen LogP contribution >= 0.6 is 0 Å². The van der Waals surface area contributed by atoms with E-state index in [-0.39, 0.29) is 18.2 Å². The number of primary amides is 1. The van der Waals surface area contributed by atoms with Gasteiger partial charge in [0.25, 0.3) is 5.91 Å². The zero-order valence-corrected chi connectivity index (χ0v) is 13.9. The fourth-order valence-electron chi connectivity index (χ4n) is 2.35. The van der Waals surface area contributed by atoms with Crippen molar-refractivity contribution in [2.45, 2.75) is 20.3 Å². The number of nitrogens with two attached hydrogens (primary N) is 1. The molecule has 24 heavy (non-hydrogen) atoms. The quantitative estimate of drug-likeness (QED) is 0.774. The van der Waals surface area contributed by atoms with Crippen molar-refractivity contribution >= 4 is 11.8 Å². The maximum atomic E-state index is 12.0. The highest BCUT2D eigenvalue weighted by Gasteiger charge is 2.19. The predicted octanol–water partition coefficient (Wildman–Crippen LogP) is 2.06. The van der Waals surface area contributed by atoms with Crippen LogP contribution in [0.1, 0.15) is 28.6 Å². The first kappa shape index (κ1) is 17.6. The van der Waals surface area contributed by atoms with Crippen molar-refractivity contribution in [2.75, 3.05) is 13.2 Å². The van der Waals surface area contributed by atoms with E-state index in [1.54, 1.807) is 13.0 Å². The smallest absolute Gasteiger partial charge is 0.287 e. The fraction of sp³-hybridized carbons (Fsp3) is 0.333. The Morgan fingerprint density at radius 3 is 2.50 bits per heavy atom. The van der Waals surface area contributed by atoms with Crippen molar-refractivity contribution in [1.29, 1.82) is 0 Å². The van der Waals surface area contributed by atoms with Crippen LogP contribution in [0.2, 0.25) is 0 Å². The molecule has 0 radical (unpaired) electrons. The van der Waals surface area contributed by atoms with Crippen LogP contribution in [0, 0.1) is 12.8 Å². The highest BCUT2D eigenvalue weighted by atomic mass is 16.5. The van der Waals surface area contributed by atoms with E-state index in [4.69, 9.17) is 14.9 Å². The summed E-state index contributed by atoms with van der Waals surface area (Å²) in [7, 11) is 0.